The van der Waals surface area contributed by atoms with Crippen molar-refractivity contribution in [2.75, 3.05) is 0 Å². The van der Waals surface area contributed by atoms with E-state index in [2.05, 4.69) is 45.5 Å². The third kappa shape index (κ3) is 2.10. The normalized spacial score (nSPS) is 16.1. The van der Waals surface area contributed by atoms with Gasteiger partial charge in [0.25, 0.3) is 0 Å². The molecule has 0 spiro atoms. The van der Waals surface area contributed by atoms with Crippen LogP contribution in [0.25, 0.3) is 10.1 Å². The number of rotatable bonds is 3. The Morgan fingerprint density at radius 1 is 1.40 bits per heavy atom. The Balaban J connectivity index is 1.88. The first kappa shape index (κ1) is 9.82. The lowest BCUT2D eigenvalue weighted by molar-refractivity contribution is 0.695. The van der Waals surface area contributed by atoms with Gasteiger partial charge in [0.1, 0.15) is 0 Å². The van der Waals surface area contributed by atoms with Crippen molar-refractivity contribution in [3.63, 3.8) is 0 Å². The third-order valence-corrected chi connectivity index (χ3v) is 4.49. The summed E-state index contributed by atoms with van der Waals surface area (Å²) < 4.78 is 2.57. The molecule has 1 saturated carbocycles. The number of hydrogen-bond acceptors (Lipinski definition) is 2. The summed E-state index contributed by atoms with van der Waals surface area (Å²) in [6.45, 7) is 1.02. The summed E-state index contributed by atoms with van der Waals surface area (Å²) in [4.78, 5) is 1.43. The fourth-order valence-corrected chi connectivity index (χ4v) is 3.35. The summed E-state index contributed by atoms with van der Waals surface area (Å²) in [6.07, 6.45) is 2.71. The van der Waals surface area contributed by atoms with Crippen LogP contribution in [0.5, 0.6) is 0 Å². The van der Waals surface area contributed by atoms with Gasteiger partial charge in [0, 0.05) is 32.0 Å². The van der Waals surface area contributed by atoms with Crippen LogP contribution in [0.1, 0.15) is 17.7 Å². The molecule has 2 aromatic rings. The molecule has 15 heavy (non-hydrogen) atoms. The Hall–Kier alpha value is -0.380. The molecule has 1 aromatic heterocycles. The Bertz CT molecular complexity index is 487. The molecule has 1 fully saturated rings. The molecule has 1 heterocycles. The summed E-state index contributed by atoms with van der Waals surface area (Å²) >= 11 is 5.48. The van der Waals surface area contributed by atoms with E-state index in [-0.39, 0.29) is 0 Å². The van der Waals surface area contributed by atoms with Gasteiger partial charge >= 0.3 is 0 Å². The molecule has 0 amide bonds. The Morgan fingerprint density at radius 3 is 3.00 bits per heavy atom. The van der Waals surface area contributed by atoms with Crippen molar-refractivity contribution >= 4 is 37.4 Å². The van der Waals surface area contributed by atoms with Gasteiger partial charge in [-0.2, -0.15) is 0 Å². The minimum absolute atomic E-state index is 0.790. The molecule has 0 saturated heterocycles. The molecule has 0 radical (unpaired) electrons. The van der Waals surface area contributed by atoms with Crippen LogP contribution in [0.15, 0.2) is 28.7 Å². The van der Waals surface area contributed by atoms with Crippen LogP contribution in [0, 0.1) is 0 Å². The summed E-state index contributed by atoms with van der Waals surface area (Å²) in [5.41, 5.74) is 0. The average molecular weight is 282 g/mol. The smallest absolute Gasteiger partial charge is 0.0357 e. The number of fused-ring (bicyclic) bond motifs is 1. The Labute approximate surface area is 102 Å². The number of nitrogens with one attached hydrogen (secondary N) is 1. The first-order chi connectivity index (χ1) is 7.33. The number of hydrogen-bond donors (Lipinski definition) is 1. The van der Waals surface area contributed by atoms with Crippen molar-refractivity contribution in [2.24, 2.45) is 0 Å². The van der Waals surface area contributed by atoms with E-state index in [0.717, 1.165) is 12.6 Å². The van der Waals surface area contributed by atoms with Gasteiger partial charge in [0.15, 0.2) is 0 Å². The highest BCUT2D eigenvalue weighted by Gasteiger charge is 2.20. The maximum atomic E-state index is 3.59. The van der Waals surface area contributed by atoms with Gasteiger partial charge in [-0.3, -0.25) is 0 Å². The van der Waals surface area contributed by atoms with Gasteiger partial charge in [-0.15, -0.1) is 11.3 Å². The predicted octanol–water partition coefficient (Wildman–Crippen LogP) is 3.92. The lowest BCUT2D eigenvalue weighted by Gasteiger charge is -1.97. The molecule has 3 rings (SSSR count). The molecular weight excluding hydrogens is 270 g/mol. The Morgan fingerprint density at radius 2 is 2.27 bits per heavy atom. The highest BCUT2D eigenvalue weighted by Crippen LogP contribution is 2.31. The minimum atomic E-state index is 0.790. The zero-order valence-corrected chi connectivity index (χ0v) is 10.7. The van der Waals surface area contributed by atoms with Crippen LogP contribution in [0.2, 0.25) is 0 Å². The van der Waals surface area contributed by atoms with E-state index in [0.29, 0.717) is 0 Å². The van der Waals surface area contributed by atoms with E-state index in [4.69, 9.17) is 0 Å². The fraction of sp³-hybridized carbons (Fsp3) is 0.333. The van der Waals surface area contributed by atoms with Gasteiger partial charge in [0.05, 0.1) is 0 Å². The Kier molecular flexibility index (Phi) is 2.54. The monoisotopic (exact) mass is 281 g/mol. The molecule has 1 N–H and O–H groups in total. The van der Waals surface area contributed by atoms with Crippen LogP contribution in [-0.4, -0.2) is 6.04 Å². The van der Waals surface area contributed by atoms with Gasteiger partial charge in [-0.05, 0) is 31.0 Å². The summed E-state index contributed by atoms with van der Waals surface area (Å²) in [7, 11) is 0. The fourth-order valence-electron chi connectivity index (χ4n) is 1.70. The SMILES string of the molecule is Brc1cccc2sc(CNC3CC3)cc12. The lowest BCUT2D eigenvalue weighted by atomic mass is 10.2. The van der Waals surface area contributed by atoms with E-state index in [1.807, 2.05) is 11.3 Å². The van der Waals surface area contributed by atoms with Crippen LogP contribution < -0.4 is 5.32 Å². The van der Waals surface area contributed by atoms with Gasteiger partial charge in [-0.1, -0.05) is 22.0 Å². The number of halogens is 1. The molecular formula is C12H12BrNS. The summed E-state index contributed by atoms with van der Waals surface area (Å²) in [5, 5.41) is 4.89. The quantitative estimate of drug-likeness (QED) is 0.899. The molecule has 1 aromatic carbocycles. The highest BCUT2D eigenvalue weighted by molar-refractivity contribution is 9.10. The minimum Gasteiger partial charge on any atom is -0.309 e. The largest absolute Gasteiger partial charge is 0.309 e. The molecule has 0 atom stereocenters. The van der Waals surface area contributed by atoms with E-state index in [9.17, 15) is 0 Å². The van der Waals surface area contributed by atoms with Crippen LogP contribution in [0.4, 0.5) is 0 Å². The molecule has 1 aliphatic rings. The average Bonchev–Trinajstić information content (AvgIpc) is 2.95. The molecule has 0 unspecified atom stereocenters. The molecule has 78 valence electrons. The van der Waals surface area contributed by atoms with Crippen molar-refractivity contribution in [3.05, 3.63) is 33.6 Å². The summed E-state index contributed by atoms with van der Waals surface area (Å²) in [6, 6.07) is 9.47. The van der Waals surface area contributed by atoms with Crippen molar-refractivity contribution in [1.29, 1.82) is 0 Å². The number of benzene rings is 1. The van der Waals surface area contributed by atoms with Crippen LogP contribution in [0.3, 0.4) is 0 Å². The molecule has 0 aliphatic heterocycles. The van der Waals surface area contributed by atoms with E-state index in [1.165, 1.54) is 32.3 Å². The third-order valence-electron chi connectivity index (χ3n) is 2.70. The van der Waals surface area contributed by atoms with E-state index in [1.54, 1.807) is 0 Å². The van der Waals surface area contributed by atoms with Gasteiger partial charge in [0.2, 0.25) is 0 Å². The van der Waals surface area contributed by atoms with Crippen molar-refractivity contribution in [1.82, 2.24) is 5.32 Å². The maximum Gasteiger partial charge on any atom is 0.0357 e. The first-order valence-electron chi connectivity index (χ1n) is 5.23. The molecule has 1 nitrogen and oxygen atoms in total. The zero-order chi connectivity index (χ0) is 10.3. The standard InChI is InChI=1S/C12H12BrNS/c13-11-2-1-3-12-10(11)6-9(15-12)7-14-8-4-5-8/h1-3,6,8,14H,4-5,7H2. The van der Waals surface area contributed by atoms with Crippen molar-refractivity contribution < 1.29 is 0 Å². The molecule has 1 aliphatic carbocycles. The van der Waals surface area contributed by atoms with Crippen LogP contribution in [-0.2, 0) is 6.54 Å². The van der Waals surface area contributed by atoms with Gasteiger partial charge in [-0.25, -0.2) is 0 Å². The molecule has 3 heteroatoms. The first-order valence-corrected chi connectivity index (χ1v) is 6.84. The summed E-state index contributed by atoms with van der Waals surface area (Å²) in [5.74, 6) is 0. The zero-order valence-electron chi connectivity index (χ0n) is 8.29. The molecule has 0 bridgehead atoms. The van der Waals surface area contributed by atoms with Crippen LogP contribution >= 0.6 is 27.3 Å². The topological polar surface area (TPSA) is 12.0 Å². The van der Waals surface area contributed by atoms with Crippen molar-refractivity contribution in [2.45, 2.75) is 25.4 Å². The number of thiophene rings is 1. The van der Waals surface area contributed by atoms with E-state index >= 15 is 0 Å². The maximum absolute atomic E-state index is 3.59. The van der Waals surface area contributed by atoms with Gasteiger partial charge < -0.3 is 5.32 Å². The second-order valence-corrected chi connectivity index (χ2v) is 6.04. The van der Waals surface area contributed by atoms with E-state index < -0.39 is 0 Å². The lowest BCUT2D eigenvalue weighted by Crippen LogP contribution is -2.14. The van der Waals surface area contributed by atoms with Crippen molar-refractivity contribution in [3.8, 4) is 0 Å². The second kappa shape index (κ2) is 3.89. The highest BCUT2D eigenvalue weighted by atomic mass is 79.9. The predicted molar refractivity (Wildman–Crippen MR) is 69.4 cm³/mol. The second-order valence-electron chi connectivity index (χ2n) is 4.02.